The number of aromatic nitrogens is 6. The van der Waals surface area contributed by atoms with Gasteiger partial charge in [0.25, 0.3) is 0 Å². The third kappa shape index (κ3) is 4.97. The number of carbonyl (C=O) groups is 1. The highest BCUT2D eigenvalue weighted by Gasteiger charge is 2.38. The summed E-state index contributed by atoms with van der Waals surface area (Å²) in [5.41, 5.74) is 4.84. The van der Waals surface area contributed by atoms with Gasteiger partial charge in [0.1, 0.15) is 51.0 Å². The first-order chi connectivity index (χ1) is 20.7. The second-order valence-corrected chi connectivity index (χ2v) is 10.8. The molecule has 10 heteroatoms. The molecule has 6 aromatic rings. The standard InChI is InChI=1S/C33H30N6O4/c1-5-30(41)43-21(3)33(4,23-16-17-29(40)28(18-23)38-34-24-10-6-7-11-25(24)35-38)19-22-15-14-20(2)31(32(22)42)39-36-26-12-8-9-13-27(26)37-39/h5-18,21,40,42H,1,19H2,2-4H3. The van der Waals surface area contributed by atoms with Crippen molar-refractivity contribution >= 4 is 28.0 Å². The van der Waals surface area contributed by atoms with E-state index in [-0.39, 0.29) is 17.9 Å². The van der Waals surface area contributed by atoms with E-state index in [1.165, 1.54) is 9.59 Å². The zero-order chi connectivity index (χ0) is 30.3. The van der Waals surface area contributed by atoms with Gasteiger partial charge >= 0.3 is 5.97 Å². The maximum absolute atomic E-state index is 12.4. The van der Waals surface area contributed by atoms with Crippen molar-refractivity contribution in [2.75, 3.05) is 0 Å². The number of ether oxygens (including phenoxy) is 1. The van der Waals surface area contributed by atoms with Gasteiger partial charge in [-0.3, -0.25) is 0 Å². The van der Waals surface area contributed by atoms with Crippen LogP contribution in [0.3, 0.4) is 0 Å². The monoisotopic (exact) mass is 574 g/mol. The Labute approximate surface area is 247 Å². The zero-order valence-corrected chi connectivity index (χ0v) is 24.0. The lowest BCUT2D eigenvalue weighted by Crippen LogP contribution is -2.40. The van der Waals surface area contributed by atoms with Crippen LogP contribution < -0.4 is 0 Å². The fourth-order valence-corrected chi connectivity index (χ4v) is 5.31. The van der Waals surface area contributed by atoms with E-state index in [9.17, 15) is 15.0 Å². The third-order valence-electron chi connectivity index (χ3n) is 7.97. The molecule has 2 atom stereocenters. The van der Waals surface area contributed by atoms with Gasteiger partial charge < -0.3 is 14.9 Å². The Kier molecular flexibility index (Phi) is 6.89. The van der Waals surface area contributed by atoms with Crippen LogP contribution in [0.25, 0.3) is 33.4 Å². The van der Waals surface area contributed by atoms with Crippen molar-refractivity contribution in [1.82, 2.24) is 30.0 Å². The third-order valence-corrected chi connectivity index (χ3v) is 7.97. The van der Waals surface area contributed by atoms with E-state index in [0.29, 0.717) is 39.0 Å². The van der Waals surface area contributed by atoms with Crippen LogP contribution in [0.15, 0.2) is 91.5 Å². The van der Waals surface area contributed by atoms with Crippen LogP contribution >= 0.6 is 0 Å². The topological polar surface area (TPSA) is 128 Å². The molecule has 2 heterocycles. The summed E-state index contributed by atoms with van der Waals surface area (Å²) in [4.78, 5) is 15.2. The number of aromatic hydroxyl groups is 2. The van der Waals surface area contributed by atoms with Crippen LogP contribution in [-0.4, -0.2) is 52.3 Å². The Morgan fingerprint density at radius 2 is 1.47 bits per heavy atom. The predicted molar refractivity (Wildman–Crippen MR) is 163 cm³/mol. The van der Waals surface area contributed by atoms with Gasteiger partial charge in [0.05, 0.1) is 0 Å². The number of rotatable bonds is 8. The summed E-state index contributed by atoms with van der Waals surface area (Å²) in [5, 5.41) is 40.7. The molecule has 0 spiro atoms. The Morgan fingerprint density at radius 3 is 2.02 bits per heavy atom. The number of carbonyl (C=O) groups excluding carboxylic acids is 1. The normalized spacial score (nSPS) is 13.6. The van der Waals surface area contributed by atoms with Gasteiger partial charge in [0.2, 0.25) is 0 Å². The van der Waals surface area contributed by atoms with Gasteiger partial charge in [-0.05, 0) is 73.4 Å². The summed E-state index contributed by atoms with van der Waals surface area (Å²) < 4.78 is 5.76. The van der Waals surface area contributed by atoms with Crippen LogP contribution in [0.1, 0.15) is 30.5 Å². The second kappa shape index (κ2) is 10.7. The molecule has 0 saturated heterocycles. The molecule has 43 heavy (non-hydrogen) atoms. The predicted octanol–water partition coefficient (Wildman–Crippen LogP) is 5.49. The first kappa shape index (κ1) is 27.6. The number of benzene rings is 4. The summed E-state index contributed by atoms with van der Waals surface area (Å²) in [5.74, 6) is -0.564. The lowest BCUT2D eigenvalue weighted by atomic mass is 9.73. The lowest BCUT2D eigenvalue weighted by Gasteiger charge is -2.36. The van der Waals surface area contributed by atoms with E-state index in [1.54, 1.807) is 25.1 Å². The Bertz CT molecular complexity index is 1950. The molecule has 0 aliphatic rings. The van der Waals surface area contributed by atoms with E-state index in [0.717, 1.165) is 17.2 Å². The van der Waals surface area contributed by atoms with E-state index in [1.807, 2.05) is 74.5 Å². The van der Waals surface area contributed by atoms with Crippen molar-refractivity contribution in [3.63, 3.8) is 0 Å². The van der Waals surface area contributed by atoms with Crippen molar-refractivity contribution in [3.8, 4) is 22.9 Å². The Balaban J connectivity index is 1.46. The van der Waals surface area contributed by atoms with Crippen LogP contribution in [-0.2, 0) is 21.4 Å². The van der Waals surface area contributed by atoms with Gasteiger partial charge in [-0.25, -0.2) is 4.79 Å². The summed E-state index contributed by atoms with van der Waals surface area (Å²) in [6.45, 7) is 9.16. The van der Waals surface area contributed by atoms with Crippen molar-refractivity contribution in [2.24, 2.45) is 0 Å². The Hall–Kier alpha value is -5.51. The minimum atomic E-state index is -0.889. The summed E-state index contributed by atoms with van der Waals surface area (Å²) in [6.07, 6.45) is 0.708. The quantitative estimate of drug-likeness (QED) is 0.180. The highest BCUT2D eigenvalue weighted by atomic mass is 16.5. The minimum absolute atomic E-state index is 0.0144. The average molecular weight is 575 g/mol. The molecule has 6 rings (SSSR count). The van der Waals surface area contributed by atoms with E-state index >= 15 is 0 Å². The molecule has 0 aliphatic heterocycles. The molecule has 10 nitrogen and oxygen atoms in total. The van der Waals surface area contributed by atoms with Crippen molar-refractivity contribution in [3.05, 3.63) is 108 Å². The van der Waals surface area contributed by atoms with Crippen LogP contribution in [0, 0.1) is 6.92 Å². The lowest BCUT2D eigenvalue weighted by molar-refractivity contribution is -0.145. The first-order valence-corrected chi connectivity index (χ1v) is 13.8. The number of esters is 1. The molecule has 2 aromatic heterocycles. The largest absolute Gasteiger partial charge is 0.506 e. The zero-order valence-electron chi connectivity index (χ0n) is 24.0. The number of aryl methyl sites for hydroxylation is 1. The molecule has 0 aliphatic carbocycles. The van der Waals surface area contributed by atoms with Crippen LogP contribution in [0.5, 0.6) is 11.5 Å². The molecule has 0 amide bonds. The van der Waals surface area contributed by atoms with Gasteiger partial charge in [0.15, 0.2) is 0 Å². The fraction of sp³-hybridized carbons (Fsp3) is 0.182. The van der Waals surface area contributed by atoms with Gasteiger partial charge in [-0.1, -0.05) is 56.0 Å². The number of hydrogen-bond acceptors (Lipinski definition) is 8. The van der Waals surface area contributed by atoms with Crippen LogP contribution in [0.2, 0.25) is 0 Å². The Morgan fingerprint density at radius 1 is 0.907 bits per heavy atom. The summed E-state index contributed by atoms with van der Waals surface area (Å²) in [6, 6.07) is 23.8. The maximum Gasteiger partial charge on any atom is 0.330 e. The molecule has 0 saturated carbocycles. The molecule has 0 radical (unpaired) electrons. The molecular formula is C33H30N6O4. The van der Waals surface area contributed by atoms with Gasteiger partial charge in [-0.15, -0.1) is 30.0 Å². The molecular weight excluding hydrogens is 544 g/mol. The minimum Gasteiger partial charge on any atom is -0.506 e. The van der Waals surface area contributed by atoms with Gasteiger partial charge in [-0.2, -0.15) is 0 Å². The first-order valence-electron chi connectivity index (χ1n) is 13.8. The number of phenolic OH excluding ortho intramolecular Hbond substituents is 2. The molecule has 2 N–H and O–H groups in total. The average Bonchev–Trinajstić information content (AvgIpc) is 3.63. The number of hydrogen-bond donors (Lipinski definition) is 2. The van der Waals surface area contributed by atoms with E-state index in [2.05, 4.69) is 27.0 Å². The summed E-state index contributed by atoms with van der Waals surface area (Å²) in [7, 11) is 0. The van der Waals surface area contributed by atoms with Gasteiger partial charge in [0, 0.05) is 11.5 Å². The highest BCUT2D eigenvalue weighted by molar-refractivity contribution is 5.81. The molecule has 216 valence electrons. The smallest absolute Gasteiger partial charge is 0.330 e. The van der Waals surface area contributed by atoms with Crippen molar-refractivity contribution < 1.29 is 19.7 Å². The molecule has 4 aromatic carbocycles. The second-order valence-electron chi connectivity index (χ2n) is 10.8. The van der Waals surface area contributed by atoms with E-state index in [4.69, 9.17) is 4.74 Å². The number of fused-ring (bicyclic) bond motifs is 2. The molecule has 0 fully saturated rings. The number of phenols is 2. The molecule has 0 bridgehead atoms. The van der Waals surface area contributed by atoms with Crippen molar-refractivity contribution in [1.29, 1.82) is 0 Å². The fourth-order valence-electron chi connectivity index (χ4n) is 5.31. The van der Waals surface area contributed by atoms with Crippen molar-refractivity contribution in [2.45, 2.75) is 38.7 Å². The highest BCUT2D eigenvalue weighted by Crippen LogP contribution is 2.40. The molecule has 2 unspecified atom stereocenters. The SMILES string of the molecule is C=CC(=O)OC(C)C(C)(Cc1ccc(C)c(-n2nc3ccccc3n2)c1O)c1ccc(O)c(-n2nc3ccccc3n2)c1. The maximum atomic E-state index is 12.4. The van der Waals surface area contributed by atoms with E-state index < -0.39 is 17.5 Å². The number of nitrogens with zero attached hydrogens (tertiary/aromatic N) is 6. The summed E-state index contributed by atoms with van der Waals surface area (Å²) >= 11 is 0. The van der Waals surface area contributed by atoms with Crippen LogP contribution in [0.4, 0.5) is 0 Å².